The molecule has 4 nitrogen and oxygen atoms in total. The van der Waals surface area contributed by atoms with Crippen molar-refractivity contribution in [2.75, 3.05) is 26.7 Å². The second kappa shape index (κ2) is 7.25. The van der Waals surface area contributed by atoms with Gasteiger partial charge in [0.05, 0.1) is 12.5 Å². The number of likely N-dealkylation sites (N-methyl/N-ethyl adjacent to an activating group) is 1. The molecule has 0 radical (unpaired) electrons. The minimum Gasteiger partial charge on any atom is -0.466 e. The summed E-state index contributed by atoms with van der Waals surface area (Å²) in [5.74, 6) is 0.127. The Morgan fingerprint density at radius 3 is 2.79 bits per heavy atom. The first kappa shape index (κ1) is 14.8. The highest BCUT2D eigenvalue weighted by Gasteiger charge is 2.30. The molecule has 1 aliphatic heterocycles. The third-order valence-corrected chi connectivity index (χ3v) is 4.39. The molecule has 3 atom stereocenters. The van der Waals surface area contributed by atoms with Crippen LogP contribution in [0.15, 0.2) is 0 Å². The van der Waals surface area contributed by atoms with E-state index < -0.39 is 0 Å². The molecule has 2 rings (SSSR count). The number of piperidine rings is 1. The first-order valence-electron chi connectivity index (χ1n) is 7.80. The summed E-state index contributed by atoms with van der Waals surface area (Å²) in [5, 5.41) is 3.77. The fourth-order valence-corrected chi connectivity index (χ4v) is 3.45. The molecule has 0 aromatic carbocycles. The summed E-state index contributed by atoms with van der Waals surface area (Å²) >= 11 is 0. The minimum absolute atomic E-state index is 0.00904. The molecule has 110 valence electrons. The molecular formula is C15H28N2O2. The second-order valence-corrected chi connectivity index (χ2v) is 6.08. The number of ether oxygens (including phenoxy) is 1. The van der Waals surface area contributed by atoms with Crippen LogP contribution in [0.4, 0.5) is 0 Å². The van der Waals surface area contributed by atoms with Crippen molar-refractivity contribution in [3.63, 3.8) is 0 Å². The van der Waals surface area contributed by atoms with E-state index in [1.54, 1.807) is 0 Å². The standard InChI is InChI=1S/C15H28N2O2/c1-3-19-15(18)12-6-4-7-13(10-12)16-14-8-5-9-17(2)11-14/h12-14,16H,3-11H2,1-2H3. The molecule has 2 fully saturated rings. The van der Waals surface area contributed by atoms with Crippen LogP contribution in [-0.2, 0) is 9.53 Å². The molecule has 4 heteroatoms. The Hall–Kier alpha value is -0.610. The number of likely N-dealkylation sites (tertiary alicyclic amines) is 1. The highest BCUT2D eigenvalue weighted by Crippen LogP contribution is 2.26. The van der Waals surface area contributed by atoms with Crippen molar-refractivity contribution >= 4 is 5.97 Å². The molecule has 3 unspecified atom stereocenters. The second-order valence-electron chi connectivity index (χ2n) is 6.08. The topological polar surface area (TPSA) is 41.6 Å². The van der Waals surface area contributed by atoms with Gasteiger partial charge in [-0.2, -0.15) is 0 Å². The van der Waals surface area contributed by atoms with Crippen LogP contribution in [0.5, 0.6) is 0 Å². The average molecular weight is 268 g/mol. The Balaban J connectivity index is 1.78. The van der Waals surface area contributed by atoms with Gasteiger partial charge in [0.2, 0.25) is 0 Å². The smallest absolute Gasteiger partial charge is 0.308 e. The summed E-state index contributed by atoms with van der Waals surface area (Å²) in [6, 6.07) is 1.10. The third-order valence-electron chi connectivity index (χ3n) is 4.39. The van der Waals surface area contributed by atoms with Crippen LogP contribution in [0.1, 0.15) is 45.4 Å². The monoisotopic (exact) mass is 268 g/mol. The fourth-order valence-electron chi connectivity index (χ4n) is 3.45. The zero-order valence-corrected chi connectivity index (χ0v) is 12.4. The van der Waals surface area contributed by atoms with Crippen molar-refractivity contribution in [3.8, 4) is 0 Å². The van der Waals surface area contributed by atoms with E-state index in [1.165, 1.54) is 25.8 Å². The van der Waals surface area contributed by atoms with Gasteiger partial charge in [-0.25, -0.2) is 0 Å². The molecule has 0 aromatic rings. The summed E-state index contributed by atoms with van der Waals surface area (Å²) in [5.41, 5.74) is 0. The van der Waals surface area contributed by atoms with Gasteiger partial charge < -0.3 is 15.0 Å². The van der Waals surface area contributed by atoms with Gasteiger partial charge in [0.25, 0.3) is 0 Å². The molecule has 0 aromatic heterocycles. The Bertz CT molecular complexity index is 296. The van der Waals surface area contributed by atoms with Crippen LogP contribution < -0.4 is 5.32 Å². The Morgan fingerprint density at radius 1 is 1.26 bits per heavy atom. The molecule has 2 aliphatic rings. The van der Waals surface area contributed by atoms with Crippen molar-refractivity contribution < 1.29 is 9.53 Å². The van der Waals surface area contributed by atoms with Gasteiger partial charge in [-0.1, -0.05) is 6.42 Å². The van der Waals surface area contributed by atoms with Gasteiger partial charge >= 0.3 is 5.97 Å². The predicted molar refractivity (Wildman–Crippen MR) is 76.0 cm³/mol. The summed E-state index contributed by atoms with van der Waals surface area (Å²) in [6.45, 7) is 4.74. The van der Waals surface area contributed by atoms with Crippen molar-refractivity contribution in [1.82, 2.24) is 10.2 Å². The molecule has 1 saturated carbocycles. The first-order valence-corrected chi connectivity index (χ1v) is 7.80. The van der Waals surface area contributed by atoms with E-state index in [-0.39, 0.29) is 11.9 Å². The number of nitrogens with one attached hydrogen (secondary N) is 1. The summed E-state index contributed by atoms with van der Waals surface area (Å²) in [4.78, 5) is 14.2. The van der Waals surface area contributed by atoms with Crippen molar-refractivity contribution in [1.29, 1.82) is 0 Å². The number of hydrogen-bond acceptors (Lipinski definition) is 4. The number of hydrogen-bond donors (Lipinski definition) is 1. The molecule has 0 bridgehead atoms. The summed E-state index contributed by atoms with van der Waals surface area (Å²) in [7, 11) is 2.19. The van der Waals surface area contributed by atoms with E-state index in [0.717, 1.165) is 25.8 Å². The van der Waals surface area contributed by atoms with Crippen LogP contribution in [0.2, 0.25) is 0 Å². The molecular weight excluding hydrogens is 240 g/mol. The SMILES string of the molecule is CCOC(=O)C1CCCC(NC2CCCN(C)C2)C1. The summed E-state index contributed by atoms with van der Waals surface area (Å²) < 4.78 is 5.16. The average Bonchev–Trinajstić information content (AvgIpc) is 2.39. The van der Waals surface area contributed by atoms with Gasteiger partial charge in [0, 0.05) is 18.6 Å². The lowest BCUT2D eigenvalue weighted by Gasteiger charge is -2.36. The highest BCUT2D eigenvalue weighted by molar-refractivity contribution is 5.72. The van der Waals surface area contributed by atoms with Crippen LogP contribution in [-0.4, -0.2) is 49.7 Å². The molecule has 1 aliphatic carbocycles. The zero-order valence-electron chi connectivity index (χ0n) is 12.4. The lowest BCUT2D eigenvalue weighted by Crippen LogP contribution is -2.49. The lowest BCUT2D eigenvalue weighted by atomic mass is 9.85. The van der Waals surface area contributed by atoms with Crippen molar-refractivity contribution in [3.05, 3.63) is 0 Å². The third kappa shape index (κ3) is 4.46. The Morgan fingerprint density at radius 2 is 2.05 bits per heavy atom. The lowest BCUT2D eigenvalue weighted by molar-refractivity contribution is -0.149. The number of carbonyl (C=O) groups is 1. The normalized spacial score (nSPS) is 33.1. The van der Waals surface area contributed by atoms with E-state index in [0.29, 0.717) is 18.7 Å². The zero-order chi connectivity index (χ0) is 13.7. The molecule has 1 saturated heterocycles. The predicted octanol–water partition coefficient (Wildman–Crippen LogP) is 1.79. The van der Waals surface area contributed by atoms with Crippen LogP contribution in [0.25, 0.3) is 0 Å². The molecule has 0 spiro atoms. The van der Waals surface area contributed by atoms with E-state index >= 15 is 0 Å². The number of carbonyl (C=O) groups excluding carboxylic acids is 1. The Labute approximate surface area is 116 Å². The fraction of sp³-hybridized carbons (Fsp3) is 0.933. The number of nitrogens with zero attached hydrogens (tertiary/aromatic N) is 1. The summed E-state index contributed by atoms with van der Waals surface area (Å²) in [6.07, 6.45) is 6.85. The van der Waals surface area contributed by atoms with Crippen molar-refractivity contribution in [2.24, 2.45) is 5.92 Å². The maximum atomic E-state index is 11.8. The molecule has 0 amide bonds. The quantitative estimate of drug-likeness (QED) is 0.789. The van der Waals surface area contributed by atoms with Gasteiger partial charge in [-0.15, -0.1) is 0 Å². The molecule has 1 N–H and O–H groups in total. The Kier molecular flexibility index (Phi) is 5.64. The molecule has 1 heterocycles. The number of esters is 1. The first-order chi connectivity index (χ1) is 9.19. The van der Waals surface area contributed by atoms with Crippen LogP contribution in [0.3, 0.4) is 0 Å². The van der Waals surface area contributed by atoms with E-state index in [9.17, 15) is 4.79 Å². The van der Waals surface area contributed by atoms with Gasteiger partial charge in [0.15, 0.2) is 0 Å². The van der Waals surface area contributed by atoms with Crippen LogP contribution >= 0.6 is 0 Å². The van der Waals surface area contributed by atoms with Gasteiger partial charge in [-0.05, 0) is 52.6 Å². The number of rotatable bonds is 4. The van der Waals surface area contributed by atoms with E-state index in [4.69, 9.17) is 4.74 Å². The molecule has 19 heavy (non-hydrogen) atoms. The highest BCUT2D eigenvalue weighted by atomic mass is 16.5. The minimum atomic E-state index is 0.00904. The van der Waals surface area contributed by atoms with Gasteiger partial charge in [-0.3, -0.25) is 4.79 Å². The maximum absolute atomic E-state index is 11.8. The van der Waals surface area contributed by atoms with Crippen molar-refractivity contribution in [2.45, 2.75) is 57.5 Å². The van der Waals surface area contributed by atoms with Crippen LogP contribution in [0, 0.1) is 5.92 Å². The van der Waals surface area contributed by atoms with E-state index in [1.807, 2.05) is 6.92 Å². The van der Waals surface area contributed by atoms with E-state index in [2.05, 4.69) is 17.3 Å². The maximum Gasteiger partial charge on any atom is 0.308 e. The largest absolute Gasteiger partial charge is 0.466 e. The van der Waals surface area contributed by atoms with Gasteiger partial charge in [0.1, 0.15) is 0 Å².